The first-order valence-electron chi connectivity index (χ1n) is 11.5. The van der Waals surface area contributed by atoms with Crippen LogP contribution in [0.15, 0.2) is 42.5 Å². The summed E-state index contributed by atoms with van der Waals surface area (Å²) in [4.78, 5) is 27.7. The van der Waals surface area contributed by atoms with Gasteiger partial charge < -0.3 is 19.7 Å². The van der Waals surface area contributed by atoms with Gasteiger partial charge in [0.25, 0.3) is 0 Å². The van der Waals surface area contributed by atoms with Crippen LogP contribution in [-0.2, 0) is 22.6 Å². The predicted octanol–water partition coefficient (Wildman–Crippen LogP) is 4.25. The number of hydrogen-bond donors (Lipinski definition) is 1. The fourth-order valence-electron chi connectivity index (χ4n) is 4.22. The summed E-state index contributed by atoms with van der Waals surface area (Å²) >= 11 is 0. The highest BCUT2D eigenvalue weighted by molar-refractivity contribution is 5.87. The maximum Gasteiger partial charge on any atom is 0.242 e. The number of aryl methyl sites for hydroxylation is 1. The largest absolute Gasteiger partial charge is 0.493 e. The van der Waals surface area contributed by atoms with Crippen LogP contribution in [0, 0.1) is 5.82 Å². The minimum atomic E-state index is -0.705. The van der Waals surface area contributed by atoms with E-state index in [1.54, 1.807) is 45.4 Å². The van der Waals surface area contributed by atoms with Crippen LogP contribution in [0.2, 0.25) is 0 Å². The number of nitrogens with zero attached hydrogens (tertiary/aromatic N) is 1. The minimum absolute atomic E-state index is 0.0384. The van der Waals surface area contributed by atoms with Crippen molar-refractivity contribution in [2.75, 3.05) is 14.2 Å². The van der Waals surface area contributed by atoms with Gasteiger partial charge in [-0.1, -0.05) is 37.1 Å². The molecule has 0 aliphatic heterocycles. The summed E-state index contributed by atoms with van der Waals surface area (Å²) in [5, 5.41) is 3.06. The van der Waals surface area contributed by atoms with E-state index in [1.165, 1.54) is 11.0 Å². The Bertz CT molecular complexity index is 959. The normalized spacial score (nSPS) is 14.5. The lowest BCUT2D eigenvalue weighted by molar-refractivity contribution is -0.140. The number of benzene rings is 2. The number of halogens is 1. The van der Waals surface area contributed by atoms with Crippen LogP contribution < -0.4 is 14.8 Å². The molecule has 178 valence electrons. The fourth-order valence-corrected chi connectivity index (χ4v) is 4.22. The second kappa shape index (κ2) is 11.7. The zero-order valence-corrected chi connectivity index (χ0v) is 19.6. The number of amides is 2. The summed E-state index contributed by atoms with van der Waals surface area (Å²) in [6, 6.07) is 11.3. The summed E-state index contributed by atoms with van der Waals surface area (Å²) in [5.74, 6) is 0.416. The topological polar surface area (TPSA) is 67.9 Å². The van der Waals surface area contributed by atoms with Crippen molar-refractivity contribution < 1.29 is 23.5 Å². The van der Waals surface area contributed by atoms with Gasteiger partial charge in [-0.3, -0.25) is 9.59 Å². The van der Waals surface area contributed by atoms with Gasteiger partial charge in [-0.25, -0.2) is 4.39 Å². The van der Waals surface area contributed by atoms with Gasteiger partial charge in [-0.05, 0) is 49.9 Å². The molecule has 1 aliphatic carbocycles. The molecule has 2 aromatic carbocycles. The van der Waals surface area contributed by atoms with Gasteiger partial charge in [0.1, 0.15) is 11.9 Å². The smallest absolute Gasteiger partial charge is 0.242 e. The van der Waals surface area contributed by atoms with Crippen LogP contribution in [0.5, 0.6) is 11.5 Å². The maximum absolute atomic E-state index is 14.3. The Hall–Kier alpha value is -3.09. The molecule has 1 N–H and O–H groups in total. The molecule has 33 heavy (non-hydrogen) atoms. The van der Waals surface area contributed by atoms with E-state index in [4.69, 9.17) is 9.47 Å². The summed E-state index contributed by atoms with van der Waals surface area (Å²) in [6.45, 7) is 1.75. The molecule has 0 saturated heterocycles. The van der Waals surface area contributed by atoms with Crippen molar-refractivity contribution in [3.05, 3.63) is 59.4 Å². The Balaban J connectivity index is 1.73. The molecule has 2 amide bonds. The number of carbonyl (C=O) groups excluding carboxylic acids is 2. The van der Waals surface area contributed by atoms with Crippen molar-refractivity contribution in [1.29, 1.82) is 0 Å². The predicted molar refractivity (Wildman–Crippen MR) is 125 cm³/mol. The molecule has 1 unspecified atom stereocenters. The lowest BCUT2D eigenvalue weighted by Crippen LogP contribution is -2.49. The molecular formula is C26H33FN2O4. The Kier molecular flexibility index (Phi) is 8.69. The fraction of sp³-hybridized carbons (Fsp3) is 0.462. The molecular weight excluding hydrogens is 423 g/mol. The molecule has 3 rings (SSSR count). The molecule has 0 radical (unpaired) electrons. The lowest BCUT2D eigenvalue weighted by atomic mass is 10.1. The highest BCUT2D eigenvalue weighted by atomic mass is 19.1. The monoisotopic (exact) mass is 456 g/mol. The Labute approximate surface area is 195 Å². The van der Waals surface area contributed by atoms with E-state index in [2.05, 4.69) is 5.32 Å². The third-order valence-electron chi connectivity index (χ3n) is 6.24. The molecule has 1 aliphatic rings. The van der Waals surface area contributed by atoms with Crippen molar-refractivity contribution in [3.63, 3.8) is 0 Å². The summed E-state index contributed by atoms with van der Waals surface area (Å²) < 4.78 is 25.0. The Morgan fingerprint density at radius 2 is 1.79 bits per heavy atom. The van der Waals surface area contributed by atoms with E-state index in [9.17, 15) is 14.0 Å². The van der Waals surface area contributed by atoms with Crippen molar-refractivity contribution in [2.24, 2.45) is 0 Å². The molecule has 1 saturated carbocycles. The van der Waals surface area contributed by atoms with Gasteiger partial charge in [-0.2, -0.15) is 0 Å². The standard InChI is InChI=1S/C26H33FN2O4/c1-18(26(31)28-21-9-5-6-10-21)29(17-20-8-4-7-11-22(20)27)25(30)15-13-19-12-14-23(32-2)24(16-19)33-3/h4,7-8,11-12,14,16,18,21H,5-6,9-10,13,15,17H2,1-3H3,(H,28,31). The van der Waals surface area contributed by atoms with Crippen molar-refractivity contribution in [1.82, 2.24) is 10.2 Å². The molecule has 0 aromatic heterocycles. The number of nitrogens with one attached hydrogen (secondary N) is 1. The van der Waals surface area contributed by atoms with E-state index in [1.807, 2.05) is 12.1 Å². The van der Waals surface area contributed by atoms with Crippen LogP contribution >= 0.6 is 0 Å². The zero-order valence-electron chi connectivity index (χ0n) is 19.6. The first-order chi connectivity index (χ1) is 15.9. The van der Waals surface area contributed by atoms with Gasteiger partial charge in [0.15, 0.2) is 11.5 Å². The molecule has 0 heterocycles. The molecule has 1 atom stereocenters. The van der Waals surface area contributed by atoms with Gasteiger partial charge in [-0.15, -0.1) is 0 Å². The molecule has 1 fully saturated rings. The first kappa shape index (κ1) is 24.6. The van der Waals surface area contributed by atoms with Crippen LogP contribution in [0.4, 0.5) is 4.39 Å². The third kappa shape index (κ3) is 6.46. The number of methoxy groups -OCH3 is 2. The molecule has 0 bridgehead atoms. The van der Waals surface area contributed by atoms with Crippen LogP contribution in [0.3, 0.4) is 0 Å². The minimum Gasteiger partial charge on any atom is -0.493 e. The average molecular weight is 457 g/mol. The summed E-state index contributed by atoms with van der Waals surface area (Å²) in [6.07, 6.45) is 4.76. The average Bonchev–Trinajstić information content (AvgIpc) is 3.34. The van der Waals surface area contributed by atoms with Crippen LogP contribution in [0.1, 0.15) is 50.2 Å². The van der Waals surface area contributed by atoms with E-state index in [-0.39, 0.29) is 30.8 Å². The second-order valence-corrected chi connectivity index (χ2v) is 8.47. The Morgan fingerprint density at radius 1 is 1.09 bits per heavy atom. The number of hydrogen-bond acceptors (Lipinski definition) is 4. The Morgan fingerprint density at radius 3 is 2.45 bits per heavy atom. The zero-order chi connectivity index (χ0) is 23.8. The van der Waals surface area contributed by atoms with Crippen molar-refractivity contribution in [2.45, 2.75) is 64.1 Å². The third-order valence-corrected chi connectivity index (χ3v) is 6.24. The van der Waals surface area contributed by atoms with E-state index in [0.29, 0.717) is 23.5 Å². The van der Waals surface area contributed by atoms with Crippen molar-refractivity contribution in [3.8, 4) is 11.5 Å². The first-order valence-corrected chi connectivity index (χ1v) is 11.5. The van der Waals surface area contributed by atoms with E-state index >= 15 is 0 Å². The van der Waals surface area contributed by atoms with Gasteiger partial charge in [0.05, 0.1) is 14.2 Å². The SMILES string of the molecule is COc1ccc(CCC(=O)N(Cc2ccccc2F)C(C)C(=O)NC2CCCC2)cc1OC. The van der Waals surface area contributed by atoms with E-state index in [0.717, 1.165) is 31.2 Å². The van der Waals surface area contributed by atoms with Crippen molar-refractivity contribution >= 4 is 11.8 Å². The van der Waals surface area contributed by atoms with Crippen LogP contribution in [0.25, 0.3) is 0 Å². The molecule has 7 heteroatoms. The van der Waals surface area contributed by atoms with Gasteiger partial charge in [0, 0.05) is 24.6 Å². The van der Waals surface area contributed by atoms with Gasteiger partial charge >= 0.3 is 0 Å². The number of carbonyl (C=O) groups is 2. The lowest BCUT2D eigenvalue weighted by Gasteiger charge is -2.30. The summed E-state index contributed by atoms with van der Waals surface area (Å²) in [5.41, 5.74) is 1.30. The maximum atomic E-state index is 14.3. The molecule has 0 spiro atoms. The summed E-state index contributed by atoms with van der Waals surface area (Å²) in [7, 11) is 3.13. The number of ether oxygens (including phenoxy) is 2. The van der Waals surface area contributed by atoms with Gasteiger partial charge in [0.2, 0.25) is 11.8 Å². The molecule has 6 nitrogen and oxygen atoms in total. The highest BCUT2D eigenvalue weighted by Gasteiger charge is 2.28. The second-order valence-electron chi connectivity index (χ2n) is 8.47. The number of rotatable bonds is 10. The van der Waals surface area contributed by atoms with E-state index < -0.39 is 11.9 Å². The highest BCUT2D eigenvalue weighted by Crippen LogP contribution is 2.28. The van der Waals surface area contributed by atoms with Crippen LogP contribution in [-0.4, -0.2) is 43.0 Å². The molecule has 2 aromatic rings. The quantitative estimate of drug-likeness (QED) is 0.580.